The molecule has 0 unspecified atom stereocenters. The maximum atomic E-state index is 14.3. The highest BCUT2D eigenvalue weighted by atomic mass is 16.6. The Labute approximate surface area is 182 Å². The van der Waals surface area contributed by atoms with Gasteiger partial charge in [0.05, 0.1) is 17.8 Å². The molecule has 1 saturated heterocycles. The fraction of sp³-hybridized carbons (Fsp3) is 0.222. The molecule has 156 valence electrons. The first-order valence-electron chi connectivity index (χ1n) is 10.9. The first kappa shape index (κ1) is 19.9. The lowest BCUT2D eigenvalue weighted by atomic mass is 9.79. The van der Waals surface area contributed by atoms with Crippen LogP contribution in [-0.4, -0.2) is 27.3 Å². The second-order valence-electron chi connectivity index (χ2n) is 8.49. The maximum Gasteiger partial charge on any atom is 0.167 e. The standard InChI is InChI=1S/C27H26N2O2/c30-27(22-11-3-1-4-12-22,23-13-5-2-6-14-23)26-16-9-19-29(26,31)20-24-18-17-21-10-7-8-15-25(21)28-24/h1-8,10-15,17-18,26,30H,9,16,19-20H2/t26-,29-/m1/s1. The third kappa shape index (κ3) is 3.53. The molecule has 4 heteroatoms. The molecule has 0 saturated carbocycles. The van der Waals surface area contributed by atoms with E-state index in [1.54, 1.807) is 0 Å². The molecule has 2 atom stereocenters. The van der Waals surface area contributed by atoms with Crippen molar-refractivity contribution < 1.29 is 9.75 Å². The summed E-state index contributed by atoms with van der Waals surface area (Å²) in [6.07, 6.45) is 1.45. The molecule has 3 aromatic carbocycles. The number of benzene rings is 3. The minimum atomic E-state index is -1.36. The number of rotatable bonds is 5. The molecule has 0 spiro atoms. The number of aliphatic hydroxyl groups is 1. The Bertz CT molecular complexity index is 1140. The summed E-state index contributed by atoms with van der Waals surface area (Å²) in [5.41, 5.74) is 1.82. The molecule has 2 heterocycles. The average molecular weight is 411 g/mol. The molecule has 31 heavy (non-hydrogen) atoms. The van der Waals surface area contributed by atoms with Crippen LogP contribution in [0.3, 0.4) is 0 Å². The largest absolute Gasteiger partial charge is 0.632 e. The predicted molar refractivity (Wildman–Crippen MR) is 123 cm³/mol. The lowest BCUT2D eigenvalue weighted by Gasteiger charge is -2.50. The zero-order valence-electron chi connectivity index (χ0n) is 17.4. The number of pyridine rings is 1. The van der Waals surface area contributed by atoms with Gasteiger partial charge in [0.1, 0.15) is 12.6 Å². The summed E-state index contributed by atoms with van der Waals surface area (Å²) in [5.74, 6) is 0. The zero-order valence-corrected chi connectivity index (χ0v) is 17.4. The quantitative estimate of drug-likeness (QED) is 0.366. The molecule has 1 N–H and O–H groups in total. The summed E-state index contributed by atoms with van der Waals surface area (Å²) in [6.45, 7) is 0.721. The molecule has 4 aromatic rings. The Morgan fingerprint density at radius 1 is 0.839 bits per heavy atom. The smallest absolute Gasteiger partial charge is 0.167 e. The van der Waals surface area contributed by atoms with Gasteiger partial charge in [-0.25, -0.2) is 4.98 Å². The van der Waals surface area contributed by atoms with E-state index in [0.29, 0.717) is 13.0 Å². The summed E-state index contributed by atoms with van der Waals surface area (Å²) < 4.78 is -0.481. The van der Waals surface area contributed by atoms with Crippen LogP contribution in [0.25, 0.3) is 10.9 Å². The van der Waals surface area contributed by atoms with Crippen LogP contribution >= 0.6 is 0 Å². The van der Waals surface area contributed by atoms with E-state index < -0.39 is 16.3 Å². The Hall–Kier alpha value is -3.05. The zero-order chi connectivity index (χ0) is 21.3. The number of para-hydroxylation sites is 1. The van der Waals surface area contributed by atoms with Crippen molar-refractivity contribution in [1.29, 1.82) is 0 Å². The predicted octanol–water partition coefficient (Wildman–Crippen LogP) is 5.15. The van der Waals surface area contributed by atoms with Gasteiger partial charge in [0.2, 0.25) is 0 Å². The van der Waals surface area contributed by atoms with Crippen LogP contribution in [0.4, 0.5) is 0 Å². The molecule has 1 aromatic heterocycles. The van der Waals surface area contributed by atoms with Crippen LogP contribution < -0.4 is 0 Å². The molecular formula is C27H26N2O2. The highest BCUT2D eigenvalue weighted by Gasteiger charge is 2.51. The van der Waals surface area contributed by atoms with Crippen molar-refractivity contribution in [3.8, 4) is 0 Å². The van der Waals surface area contributed by atoms with Crippen LogP contribution in [-0.2, 0) is 12.1 Å². The fourth-order valence-electron chi connectivity index (χ4n) is 5.09. The highest BCUT2D eigenvalue weighted by Crippen LogP contribution is 2.44. The van der Waals surface area contributed by atoms with Gasteiger partial charge in [0.15, 0.2) is 5.60 Å². The minimum Gasteiger partial charge on any atom is -0.632 e. The number of aromatic nitrogens is 1. The van der Waals surface area contributed by atoms with Crippen molar-refractivity contribution in [3.05, 3.63) is 119 Å². The number of hydrogen-bond donors (Lipinski definition) is 1. The van der Waals surface area contributed by atoms with E-state index in [-0.39, 0.29) is 6.54 Å². The van der Waals surface area contributed by atoms with E-state index in [2.05, 4.69) is 0 Å². The average Bonchev–Trinajstić information content (AvgIpc) is 3.21. The summed E-state index contributed by atoms with van der Waals surface area (Å²) in [7, 11) is 0. The van der Waals surface area contributed by atoms with E-state index >= 15 is 0 Å². The normalized spacial score (nSPS) is 21.4. The summed E-state index contributed by atoms with van der Waals surface area (Å²) in [6, 6.07) is 30.6. The molecule has 1 aliphatic rings. The van der Waals surface area contributed by atoms with E-state index in [4.69, 9.17) is 4.98 Å². The van der Waals surface area contributed by atoms with Gasteiger partial charge in [0, 0.05) is 18.2 Å². The second kappa shape index (κ2) is 7.89. The van der Waals surface area contributed by atoms with E-state index in [0.717, 1.165) is 34.1 Å². The van der Waals surface area contributed by atoms with Crippen molar-refractivity contribution in [2.45, 2.75) is 31.0 Å². The van der Waals surface area contributed by atoms with Crippen molar-refractivity contribution in [2.75, 3.05) is 6.54 Å². The highest BCUT2D eigenvalue weighted by molar-refractivity contribution is 5.78. The molecule has 4 nitrogen and oxygen atoms in total. The minimum absolute atomic E-state index is 0.247. The number of hydroxylamine groups is 3. The van der Waals surface area contributed by atoms with Gasteiger partial charge in [-0.3, -0.25) is 0 Å². The van der Waals surface area contributed by atoms with Crippen molar-refractivity contribution in [3.63, 3.8) is 0 Å². The van der Waals surface area contributed by atoms with Crippen LogP contribution in [0.2, 0.25) is 0 Å². The number of fused-ring (bicyclic) bond motifs is 1. The van der Waals surface area contributed by atoms with Gasteiger partial charge < -0.3 is 15.0 Å². The first-order valence-corrected chi connectivity index (χ1v) is 10.9. The Morgan fingerprint density at radius 3 is 2.13 bits per heavy atom. The molecular weight excluding hydrogens is 384 g/mol. The number of likely N-dealkylation sites (tertiary alicyclic amines) is 1. The van der Waals surface area contributed by atoms with E-state index in [1.165, 1.54) is 0 Å². The molecule has 1 aliphatic heterocycles. The lowest BCUT2D eigenvalue weighted by molar-refractivity contribution is -0.913. The molecule has 0 amide bonds. The molecule has 0 aliphatic carbocycles. The number of nitrogens with zero attached hydrogens (tertiary/aromatic N) is 2. The van der Waals surface area contributed by atoms with Crippen molar-refractivity contribution in [1.82, 2.24) is 4.98 Å². The van der Waals surface area contributed by atoms with Gasteiger partial charge in [0.25, 0.3) is 0 Å². The van der Waals surface area contributed by atoms with Crippen LogP contribution in [0, 0.1) is 5.21 Å². The Balaban J connectivity index is 1.57. The fourth-order valence-corrected chi connectivity index (χ4v) is 5.09. The monoisotopic (exact) mass is 410 g/mol. The van der Waals surface area contributed by atoms with Gasteiger partial charge in [-0.15, -0.1) is 0 Å². The molecule has 0 bridgehead atoms. The Kier molecular flexibility index (Phi) is 5.06. The van der Waals surface area contributed by atoms with Crippen LogP contribution in [0.5, 0.6) is 0 Å². The molecule has 1 fully saturated rings. The van der Waals surface area contributed by atoms with E-state index in [1.807, 2.05) is 97.1 Å². The molecule has 0 radical (unpaired) electrons. The first-order chi connectivity index (χ1) is 15.1. The van der Waals surface area contributed by atoms with Crippen molar-refractivity contribution >= 4 is 10.9 Å². The second-order valence-corrected chi connectivity index (χ2v) is 8.49. The van der Waals surface area contributed by atoms with Crippen LogP contribution in [0.15, 0.2) is 97.1 Å². The third-order valence-corrected chi connectivity index (χ3v) is 6.58. The Morgan fingerprint density at radius 2 is 1.45 bits per heavy atom. The molecule has 5 rings (SSSR count). The maximum absolute atomic E-state index is 14.3. The summed E-state index contributed by atoms with van der Waals surface area (Å²) >= 11 is 0. The van der Waals surface area contributed by atoms with Crippen molar-refractivity contribution in [2.24, 2.45) is 0 Å². The summed E-state index contributed by atoms with van der Waals surface area (Å²) in [4.78, 5) is 4.75. The van der Waals surface area contributed by atoms with Crippen LogP contribution in [0.1, 0.15) is 29.7 Å². The summed E-state index contributed by atoms with van der Waals surface area (Å²) in [5, 5.41) is 27.5. The van der Waals surface area contributed by atoms with E-state index in [9.17, 15) is 10.3 Å². The van der Waals surface area contributed by atoms with Gasteiger partial charge >= 0.3 is 0 Å². The third-order valence-electron chi connectivity index (χ3n) is 6.58. The number of quaternary nitrogens is 1. The van der Waals surface area contributed by atoms with Gasteiger partial charge in [-0.2, -0.15) is 0 Å². The van der Waals surface area contributed by atoms with Gasteiger partial charge in [-0.1, -0.05) is 84.9 Å². The topological polar surface area (TPSA) is 56.2 Å². The SMILES string of the molecule is [O-][N@@+]1(Cc2ccc3ccccc3n2)CCC[C@@H]1C(O)(c1ccccc1)c1ccccc1. The number of hydrogen-bond acceptors (Lipinski definition) is 3. The van der Waals surface area contributed by atoms with Gasteiger partial charge in [-0.05, 0) is 23.3 Å². The lowest BCUT2D eigenvalue weighted by Crippen LogP contribution is -2.56.